The molecule has 0 aliphatic carbocycles. The van der Waals surface area contributed by atoms with E-state index in [-0.39, 0.29) is 5.91 Å². The summed E-state index contributed by atoms with van der Waals surface area (Å²) in [4.78, 5) is 16.5. The van der Waals surface area contributed by atoms with Crippen LogP contribution < -0.4 is 5.32 Å². The number of hydrogen-bond acceptors (Lipinski definition) is 2. The molecule has 0 atom stereocenters. The molecule has 1 aromatic heterocycles. The van der Waals surface area contributed by atoms with Gasteiger partial charge in [0, 0.05) is 8.04 Å². The van der Waals surface area contributed by atoms with E-state index in [0.717, 1.165) is 18.3 Å². The van der Waals surface area contributed by atoms with Crippen molar-refractivity contribution in [2.45, 2.75) is 6.92 Å². The summed E-state index contributed by atoms with van der Waals surface area (Å²) in [5, 5.41) is 2.87. The van der Waals surface area contributed by atoms with Crippen LogP contribution >= 0.6 is 54.5 Å². The number of aromatic nitrogens is 1. The Morgan fingerprint density at radius 3 is 2.68 bits per heavy atom. The Kier molecular flexibility index (Phi) is 4.97. The van der Waals surface area contributed by atoms with E-state index in [9.17, 15) is 4.79 Å². The second-order valence-corrected chi connectivity index (χ2v) is 6.76. The van der Waals surface area contributed by atoms with Crippen molar-refractivity contribution in [3.05, 3.63) is 54.2 Å². The summed E-state index contributed by atoms with van der Waals surface area (Å²) >= 11 is 8.86. The molecule has 0 unspecified atom stereocenters. The molecular weight excluding hydrogens is 487 g/mol. The fourth-order valence-electron chi connectivity index (χ4n) is 1.52. The van der Waals surface area contributed by atoms with Gasteiger partial charge in [0.05, 0.1) is 16.9 Å². The van der Waals surface area contributed by atoms with Crippen LogP contribution in [0.4, 0.5) is 5.69 Å². The number of amides is 1. The molecule has 0 spiro atoms. The first-order valence-corrected chi connectivity index (χ1v) is 8.03. The van der Waals surface area contributed by atoms with Gasteiger partial charge in [-0.1, -0.05) is 0 Å². The number of carbonyl (C=O) groups is 1. The molecule has 1 heterocycles. The third-order valence-electron chi connectivity index (χ3n) is 2.47. The minimum absolute atomic E-state index is 0.155. The lowest BCUT2D eigenvalue weighted by Gasteiger charge is -2.09. The topological polar surface area (TPSA) is 42.0 Å². The Bertz CT molecular complexity index is 647. The summed E-state index contributed by atoms with van der Waals surface area (Å²) in [6, 6.07) is 9.26. The average molecular weight is 496 g/mol. The Morgan fingerprint density at radius 1 is 1.26 bits per heavy atom. The van der Waals surface area contributed by atoms with Crippen LogP contribution in [-0.4, -0.2) is 10.9 Å². The molecule has 6 heteroatoms. The zero-order valence-electron chi connectivity index (χ0n) is 9.88. The van der Waals surface area contributed by atoms with Crippen LogP contribution in [0.5, 0.6) is 0 Å². The molecule has 0 aliphatic rings. The fourth-order valence-corrected chi connectivity index (χ4v) is 2.84. The van der Waals surface area contributed by atoms with Crippen LogP contribution in [0.2, 0.25) is 0 Å². The van der Waals surface area contributed by atoms with Crippen LogP contribution in [0.3, 0.4) is 0 Å². The predicted octanol–water partition coefficient (Wildman–Crippen LogP) is 4.77. The molecule has 0 bridgehead atoms. The van der Waals surface area contributed by atoms with Gasteiger partial charge in [0.15, 0.2) is 0 Å². The molecule has 1 amide bonds. The number of rotatable bonds is 2. The van der Waals surface area contributed by atoms with Crippen LogP contribution in [0, 0.1) is 10.5 Å². The van der Waals surface area contributed by atoms with Gasteiger partial charge in [-0.2, -0.15) is 0 Å². The first kappa shape index (κ1) is 14.9. The van der Waals surface area contributed by atoms with Crippen molar-refractivity contribution in [1.82, 2.24) is 4.98 Å². The van der Waals surface area contributed by atoms with Crippen molar-refractivity contribution in [3.63, 3.8) is 0 Å². The lowest BCUT2D eigenvalue weighted by Crippen LogP contribution is -2.14. The summed E-state index contributed by atoms with van der Waals surface area (Å²) in [5.41, 5.74) is 2.08. The molecule has 19 heavy (non-hydrogen) atoms. The van der Waals surface area contributed by atoms with Crippen LogP contribution in [-0.2, 0) is 0 Å². The number of aryl methyl sites for hydroxylation is 1. The zero-order chi connectivity index (χ0) is 14.0. The van der Waals surface area contributed by atoms with E-state index in [4.69, 9.17) is 0 Å². The molecule has 1 aromatic carbocycles. The summed E-state index contributed by atoms with van der Waals surface area (Å²) in [7, 11) is 0. The van der Waals surface area contributed by atoms with Gasteiger partial charge >= 0.3 is 0 Å². The Hall–Kier alpha value is -0.470. The van der Waals surface area contributed by atoms with E-state index in [0.29, 0.717) is 11.3 Å². The molecule has 0 saturated heterocycles. The normalized spacial score (nSPS) is 10.3. The van der Waals surface area contributed by atoms with Gasteiger partial charge in [-0.15, -0.1) is 0 Å². The first-order valence-electron chi connectivity index (χ1n) is 5.37. The third kappa shape index (κ3) is 3.76. The van der Waals surface area contributed by atoms with E-state index in [2.05, 4.69) is 64.8 Å². The minimum atomic E-state index is -0.155. The van der Waals surface area contributed by atoms with Crippen molar-refractivity contribution in [3.8, 4) is 0 Å². The maximum atomic E-state index is 12.2. The smallest absolute Gasteiger partial charge is 0.256 e. The monoisotopic (exact) mass is 494 g/mol. The van der Waals surface area contributed by atoms with Gasteiger partial charge in [-0.25, -0.2) is 4.98 Å². The van der Waals surface area contributed by atoms with Crippen LogP contribution in [0.25, 0.3) is 0 Å². The number of anilines is 1. The molecule has 0 aliphatic heterocycles. The predicted molar refractivity (Wildman–Crippen MR) is 91.5 cm³/mol. The molecular formula is C13H9Br2IN2O. The largest absolute Gasteiger partial charge is 0.320 e. The highest BCUT2D eigenvalue weighted by molar-refractivity contribution is 14.1. The second kappa shape index (κ2) is 6.32. The number of halogens is 3. The van der Waals surface area contributed by atoms with E-state index in [1.54, 1.807) is 6.07 Å². The Labute approximate surface area is 141 Å². The highest BCUT2D eigenvalue weighted by atomic mass is 127. The molecule has 2 rings (SSSR count). The van der Waals surface area contributed by atoms with E-state index in [1.807, 2.05) is 31.2 Å². The number of nitrogens with zero attached hydrogens (tertiary/aromatic N) is 1. The number of benzene rings is 1. The highest BCUT2D eigenvalue weighted by Gasteiger charge is 2.12. The molecule has 3 nitrogen and oxygen atoms in total. The van der Waals surface area contributed by atoms with Crippen LogP contribution in [0.1, 0.15) is 16.1 Å². The summed E-state index contributed by atoms with van der Waals surface area (Å²) in [5.74, 6) is -0.155. The van der Waals surface area contributed by atoms with Gasteiger partial charge in [0.2, 0.25) is 0 Å². The molecule has 0 saturated carbocycles. The van der Waals surface area contributed by atoms with E-state index >= 15 is 0 Å². The van der Waals surface area contributed by atoms with Gasteiger partial charge < -0.3 is 5.32 Å². The molecule has 2 aromatic rings. The SMILES string of the molecule is Cc1nc(Br)ccc1NC(=O)c1cc(I)ccc1Br. The number of carbonyl (C=O) groups excluding carboxylic acids is 1. The quantitative estimate of drug-likeness (QED) is 0.481. The highest BCUT2D eigenvalue weighted by Crippen LogP contribution is 2.22. The maximum absolute atomic E-state index is 12.2. The van der Waals surface area contributed by atoms with Crippen molar-refractivity contribution in [2.75, 3.05) is 5.32 Å². The van der Waals surface area contributed by atoms with Crippen molar-refractivity contribution in [1.29, 1.82) is 0 Å². The van der Waals surface area contributed by atoms with Crippen molar-refractivity contribution in [2.24, 2.45) is 0 Å². The zero-order valence-corrected chi connectivity index (χ0v) is 15.2. The van der Waals surface area contributed by atoms with Crippen molar-refractivity contribution < 1.29 is 4.79 Å². The van der Waals surface area contributed by atoms with Gasteiger partial charge in [0.25, 0.3) is 5.91 Å². The molecule has 1 N–H and O–H groups in total. The minimum Gasteiger partial charge on any atom is -0.320 e. The average Bonchev–Trinajstić information content (AvgIpc) is 2.35. The van der Waals surface area contributed by atoms with E-state index in [1.165, 1.54) is 0 Å². The Balaban J connectivity index is 2.28. The number of pyridine rings is 1. The van der Waals surface area contributed by atoms with Crippen molar-refractivity contribution >= 4 is 66.0 Å². The first-order chi connectivity index (χ1) is 8.97. The summed E-state index contributed by atoms with van der Waals surface area (Å²) in [6.45, 7) is 1.85. The molecule has 0 radical (unpaired) electrons. The summed E-state index contributed by atoms with van der Waals surface area (Å²) in [6.07, 6.45) is 0. The number of nitrogens with one attached hydrogen (secondary N) is 1. The van der Waals surface area contributed by atoms with Gasteiger partial charge in [0.1, 0.15) is 4.60 Å². The fraction of sp³-hybridized carbons (Fsp3) is 0.0769. The Morgan fingerprint density at radius 2 is 2.00 bits per heavy atom. The number of hydrogen-bond donors (Lipinski definition) is 1. The lowest BCUT2D eigenvalue weighted by molar-refractivity contribution is 0.102. The second-order valence-electron chi connectivity index (χ2n) is 3.85. The van der Waals surface area contributed by atoms with Gasteiger partial charge in [-0.05, 0) is 91.7 Å². The molecule has 0 fully saturated rings. The molecule has 98 valence electrons. The van der Waals surface area contributed by atoms with Gasteiger partial charge in [-0.3, -0.25) is 4.79 Å². The third-order valence-corrected chi connectivity index (χ3v) is 4.28. The lowest BCUT2D eigenvalue weighted by atomic mass is 10.2. The maximum Gasteiger partial charge on any atom is 0.256 e. The standard InChI is InChI=1S/C13H9Br2IN2O/c1-7-11(4-5-12(15)17-7)18-13(19)9-6-8(16)2-3-10(9)14/h2-6H,1H3,(H,18,19). The van der Waals surface area contributed by atoms with E-state index < -0.39 is 0 Å². The van der Waals surface area contributed by atoms with Crippen LogP contribution in [0.15, 0.2) is 39.4 Å². The summed E-state index contributed by atoms with van der Waals surface area (Å²) < 4.78 is 2.53.